The minimum absolute atomic E-state index is 0.201. The summed E-state index contributed by atoms with van der Waals surface area (Å²) in [7, 11) is 0. The van der Waals surface area contributed by atoms with E-state index in [2.05, 4.69) is 15.3 Å². The number of aryl methyl sites for hydroxylation is 1. The smallest absolute Gasteiger partial charge is 0.130 e. The standard InChI is InChI=1S/C19H18FN3/c1-14-11-19(22-13-21-14)23-18(12-15-7-3-2-4-8-15)16-9-5-6-10-17(16)20/h2-11,13,18H,12H2,1H3,(H,21,22,23). The van der Waals surface area contributed by atoms with Crippen LogP contribution >= 0.6 is 0 Å². The summed E-state index contributed by atoms with van der Waals surface area (Å²) in [6.07, 6.45) is 2.18. The van der Waals surface area contributed by atoms with Crippen LogP contribution in [0.15, 0.2) is 67.0 Å². The molecule has 1 aromatic heterocycles. The van der Waals surface area contributed by atoms with Crippen molar-refractivity contribution in [1.29, 1.82) is 0 Å². The molecule has 0 spiro atoms. The molecule has 1 atom stereocenters. The highest BCUT2D eigenvalue weighted by Gasteiger charge is 2.16. The molecule has 0 bridgehead atoms. The first-order chi connectivity index (χ1) is 11.2. The molecule has 0 fully saturated rings. The third kappa shape index (κ3) is 3.92. The molecule has 1 heterocycles. The Hall–Kier alpha value is -2.75. The maximum atomic E-state index is 14.3. The van der Waals surface area contributed by atoms with Crippen LogP contribution in [0.2, 0.25) is 0 Å². The molecule has 4 heteroatoms. The molecular weight excluding hydrogens is 289 g/mol. The second-order valence-corrected chi connectivity index (χ2v) is 5.45. The Morgan fingerprint density at radius 1 is 1.00 bits per heavy atom. The predicted octanol–water partition coefficient (Wildman–Crippen LogP) is 4.32. The Balaban J connectivity index is 1.91. The quantitative estimate of drug-likeness (QED) is 0.763. The first kappa shape index (κ1) is 15.2. The van der Waals surface area contributed by atoms with Crippen molar-refractivity contribution in [2.24, 2.45) is 0 Å². The number of anilines is 1. The van der Waals surface area contributed by atoms with Crippen LogP contribution in [0.4, 0.5) is 10.2 Å². The Morgan fingerprint density at radius 3 is 2.48 bits per heavy atom. The van der Waals surface area contributed by atoms with Gasteiger partial charge in [-0.15, -0.1) is 0 Å². The van der Waals surface area contributed by atoms with E-state index in [-0.39, 0.29) is 11.9 Å². The lowest BCUT2D eigenvalue weighted by atomic mass is 9.98. The van der Waals surface area contributed by atoms with Gasteiger partial charge in [-0.3, -0.25) is 0 Å². The Bertz CT molecular complexity index is 774. The van der Waals surface area contributed by atoms with Crippen LogP contribution in [-0.4, -0.2) is 9.97 Å². The third-order valence-corrected chi connectivity index (χ3v) is 3.69. The SMILES string of the molecule is Cc1cc(NC(Cc2ccccc2)c2ccccc2F)ncn1. The van der Waals surface area contributed by atoms with Crippen molar-refractivity contribution in [3.63, 3.8) is 0 Å². The highest BCUT2D eigenvalue weighted by atomic mass is 19.1. The van der Waals surface area contributed by atoms with Crippen LogP contribution in [0, 0.1) is 12.7 Å². The number of nitrogens with one attached hydrogen (secondary N) is 1. The fourth-order valence-corrected chi connectivity index (χ4v) is 2.56. The average Bonchev–Trinajstić information content (AvgIpc) is 2.56. The molecular formula is C19H18FN3. The van der Waals surface area contributed by atoms with E-state index in [9.17, 15) is 4.39 Å². The van der Waals surface area contributed by atoms with Crippen LogP contribution in [0.3, 0.4) is 0 Å². The molecule has 0 radical (unpaired) electrons. The van der Waals surface area contributed by atoms with E-state index in [0.717, 1.165) is 11.3 Å². The van der Waals surface area contributed by atoms with Crippen LogP contribution in [0.1, 0.15) is 22.9 Å². The van der Waals surface area contributed by atoms with E-state index in [1.807, 2.05) is 55.5 Å². The van der Waals surface area contributed by atoms with Gasteiger partial charge in [-0.1, -0.05) is 48.5 Å². The topological polar surface area (TPSA) is 37.8 Å². The summed E-state index contributed by atoms with van der Waals surface area (Å²) in [5.74, 6) is 0.480. The van der Waals surface area contributed by atoms with Gasteiger partial charge in [-0.25, -0.2) is 14.4 Å². The molecule has 3 aromatic rings. The third-order valence-electron chi connectivity index (χ3n) is 3.69. The lowest BCUT2D eigenvalue weighted by molar-refractivity contribution is 0.590. The van der Waals surface area contributed by atoms with Gasteiger partial charge in [0.2, 0.25) is 0 Å². The van der Waals surface area contributed by atoms with Gasteiger partial charge in [-0.2, -0.15) is 0 Å². The zero-order valence-electron chi connectivity index (χ0n) is 12.9. The number of benzene rings is 2. The van der Waals surface area contributed by atoms with E-state index in [0.29, 0.717) is 17.8 Å². The van der Waals surface area contributed by atoms with Gasteiger partial charge in [0.05, 0.1) is 6.04 Å². The molecule has 0 aliphatic heterocycles. The number of hydrogen-bond acceptors (Lipinski definition) is 3. The van der Waals surface area contributed by atoms with Gasteiger partial charge in [0.1, 0.15) is 18.0 Å². The first-order valence-corrected chi connectivity index (χ1v) is 7.56. The molecule has 0 aliphatic carbocycles. The number of halogens is 1. The maximum absolute atomic E-state index is 14.3. The molecule has 3 rings (SSSR count). The fourth-order valence-electron chi connectivity index (χ4n) is 2.56. The van der Waals surface area contributed by atoms with Crippen molar-refractivity contribution in [2.45, 2.75) is 19.4 Å². The van der Waals surface area contributed by atoms with Crippen LogP contribution in [0.5, 0.6) is 0 Å². The number of nitrogens with zero attached hydrogens (tertiary/aromatic N) is 2. The van der Waals surface area contributed by atoms with Crippen LogP contribution in [0.25, 0.3) is 0 Å². The van der Waals surface area contributed by atoms with Crippen molar-refractivity contribution < 1.29 is 4.39 Å². The first-order valence-electron chi connectivity index (χ1n) is 7.56. The largest absolute Gasteiger partial charge is 0.363 e. The molecule has 0 amide bonds. The summed E-state index contributed by atoms with van der Waals surface area (Å²) >= 11 is 0. The summed E-state index contributed by atoms with van der Waals surface area (Å²) in [5, 5.41) is 3.33. The molecule has 116 valence electrons. The summed E-state index contributed by atoms with van der Waals surface area (Å²) in [5.41, 5.74) is 2.64. The second kappa shape index (κ2) is 7.01. The van der Waals surface area contributed by atoms with Gasteiger partial charge < -0.3 is 5.32 Å². The zero-order chi connectivity index (χ0) is 16.1. The van der Waals surface area contributed by atoms with E-state index in [4.69, 9.17) is 0 Å². The van der Waals surface area contributed by atoms with Gasteiger partial charge in [0.25, 0.3) is 0 Å². The zero-order valence-corrected chi connectivity index (χ0v) is 12.9. The number of rotatable bonds is 5. The molecule has 1 N–H and O–H groups in total. The normalized spacial score (nSPS) is 11.9. The van der Waals surface area contributed by atoms with Crippen molar-refractivity contribution >= 4 is 5.82 Å². The molecule has 0 saturated carbocycles. The van der Waals surface area contributed by atoms with Crippen molar-refractivity contribution in [3.8, 4) is 0 Å². The summed E-state index contributed by atoms with van der Waals surface area (Å²) in [6.45, 7) is 1.90. The lowest BCUT2D eigenvalue weighted by Crippen LogP contribution is -2.16. The predicted molar refractivity (Wildman–Crippen MR) is 89.7 cm³/mol. The van der Waals surface area contributed by atoms with Gasteiger partial charge in [0.15, 0.2) is 0 Å². The molecule has 1 unspecified atom stereocenters. The van der Waals surface area contributed by atoms with E-state index < -0.39 is 0 Å². The van der Waals surface area contributed by atoms with Gasteiger partial charge in [0, 0.05) is 17.3 Å². The summed E-state index contributed by atoms with van der Waals surface area (Å²) in [6, 6.07) is 18.5. The Kier molecular flexibility index (Phi) is 4.62. The highest BCUT2D eigenvalue weighted by molar-refractivity contribution is 5.40. The van der Waals surface area contributed by atoms with Gasteiger partial charge >= 0.3 is 0 Å². The molecule has 2 aromatic carbocycles. The summed E-state index contributed by atoms with van der Waals surface area (Å²) < 4.78 is 14.3. The Labute approximate surface area is 135 Å². The summed E-state index contributed by atoms with van der Waals surface area (Å²) in [4.78, 5) is 8.33. The van der Waals surface area contributed by atoms with E-state index in [1.165, 1.54) is 12.4 Å². The Morgan fingerprint density at radius 2 is 1.74 bits per heavy atom. The van der Waals surface area contributed by atoms with Crippen LogP contribution in [-0.2, 0) is 6.42 Å². The molecule has 0 saturated heterocycles. The second-order valence-electron chi connectivity index (χ2n) is 5.45. The molecule has 0 aliphatic rings. The van der Waals surface area contributed by atoms with Gasteiger partial charge in [-0.05, 0) is 25.0 Å². The molecule has 3 nitrogen and oxygen atoms in total. The van der Waals surface area contributed by atoms with Crippen molar-refractivity contribution in [3.05, 3.63) is 89.6 Å². The fraction of sp³-hybridized carbons (Fsp3) is 0.158. The number of hydrogen-bond donors (Lipinski definition) is 1. The highest BCUT2D eigenvalue weighted by Crippen LogP contribution is 2.25. The monoisotopic (exact) mass is 307 g/mol. The number of aromatic nitrogens is 2. The van der Waals surface area contributed by atoms with E-state index >= 15 is 0 Å². The maximum Gasteiger partial charge on any atom is 0.130 e. The molecule has 23 heavy (non-hydrogen) atoms. The average molecular weight is 307 g/mol. The van der Waals surface area contributed by atoms with E-state index in [1.54, 1.807) is 6.07 Å². The lowest BCUT2D eigenvalue weighted by Gasteiger charge is -2.20. The van der Waals surface area contributed by atoms with Crippen LogP contribution < -0.4 is 5.32 Å². The van der Waals surface area contributed by atoms with Crippen molar-refractivity contribution in [2.75, 3.05) is 5.32 Å². The van der Waals surface area contributed by atoms with Crippen molar-refractivity contribution in [1.82, 2.24) is 9.97 Å². The minimum atomic E-state index is -0.216. The minimum Gasteiger partial charge on any atom is -0.363 e.